The minimum Gasteiger partial charge on any atom is -0.494 e. The molecule has 3 aromatic rings. The normalized spacial score (nSPS) is 14.4. The predicted octanol–water partition coefficient (Wildman–Crippen LogP) is 4.17. The summed E-state index contributed by atoms with van der Waals surface area (Å²) in [5, 5.41) is 5.52. The van der Waals surface area contributed by atoms with Gasteiger partial charge in [0.2, 0.25) is 15.9 Å². The number of carbonyl (C=O) groups excluding carboxylic acids is 1. The molecule has 2 aromatic carbocycles. The second-order valence-corrected chi connectivity index (χ2v) is 10.3. The Bertz CT molecular complexity index is 1170. The van der Waals surface area contributed by atoms with Crippen molar-refractivity contribution in [2.24, 2.45) is 0 Å². The van der Waals surface area contributed by atoms with Crippen molar-refractivity contribution < 1.29 is 17.9 Å². The molecule has 2 heterocycles. The van der Waals surface area contributed by atoms with Crippen LogP contribution >= 0.6 is 11.3 Å². The fourth-order valence-corrected chi connectivity index (χ4v) is 5.88. The van der Waals surface area contributed by atoms with E-state index in [0.29, 0.717) is 31.1 Å². The number of nitrogens with zero attached hydrogens (tertiary/aromatic N) is 2. The number of carbonyl (C=O) groups is 1. The van der Waals surface area contributed by atoms with Crippen LogP contribution < -0.4 is 10.1 Å². The van der Waals surface area contributed by atoms with E-state index in [0.717, 1.165) is 29.2 Å². The highest BCUT2D eigenvalue weighted by molar-refractivity contribution is 7.89. The monoisotopic (exact) mass is 471 g/mol. The minimum atomic E-state index is -3.46. The first kappa shape index (κ1) is 22.4. The first-order valence-electron chi connectivity index (χ1n) is 10.5. The Hall–Kier alpha value is -2.75. The number of hydrogen-bond donors (Lipinski definition) is 1. The molecule has 1 fully saturated rings. The summed E-state index contributed by atoms with van der Waals surface area (Å²) >= 11 is 1.48. The number of nitrogens with one attached hydrogen (secondary N) is 1. The number of anilines is 1. The van der Waals surface area contributed by atoms with E-state index in [2.05, 4.69) is 10.3 Å². The van der Waals surface area contributed by atoms with Gasteiger partial charge >= 0.3 is 0 Å². The van der Waals surface area contributed by atoms with Crippen LogP contribution in [0.25, 0.3) is 10.6 Å². The van der Waals surface area contributed by atoms with E-state index in [1.54, 1.807) is 12.1 Å². The van der Waals surface area contributed by atoms with E-state index in [9.17, 15) is 13.2 Å². The highest BCUT2D eigenvalue weighted by Gasteiger charge is 2.26. The van der Waals surface area contributed by atoms with Crippen molar-refractivity contribution in [3.8, 4) is 16.3 Å². The first-order chi connectivity index (χ1) is 15.5. The van der Waals surface area contributed by atoms with Gasteiger partial charge in [-0.25, -0.2) is 13.4 Å². The molecule has 0 radical (unpaired) electrons. The van der Waals surface area contributed by atoms with Crippen molar-refractivity contribution in [3.63, 3.8) is 0 Å². The summed E-state index contributed by atoms with van der Waals surface area (Å²) in [6.45, 7) is 3.68. The molecular weight excluding hydrogens is 446 g/mol. The standard InChI is InChI=1S/C23H25N3O4S2/c1-2-30-20-9-5-17(6-10-20)23-25-19(16-31-23)15-22(27)24-18-7-11-21(12-8-18)32(28,29)26-13-3-4-14-26/h5-12,16H,2-4,13-15H2,1H3,(H,24,27). The van der Waals surface area contributed by atoms with Gasteiger partial charge in [-0.3, -0.25) is 4.79 Å². The van der Waals surface area contributed by atoms with E-state index >= 15 is 0 Å². The summed E-state index contributed by atoms with van der Waals surface area (Å²) in [4.78, 5) is 17.3. The molecule has 0 saturated carbocycles. The molecule has 0 bridgehead atoms. The maximum atomic E-state index is 12.6. The Morgan fingerprint density at radius 3 is 2.44 bits per heavy atom. The lowest BCUT2D eigenvalue weighted by molar-refractivity contribution is -0.115. The molecule has 0 unspecified atom stereocenters. The van der Waals surface area contributed by atoms with Crippen molar-refractivity contribution >= 4 is 33.0 Å². The van der Waals surface area contributed by atoms with Crippen LogP contribution in [0.5, 0.6) is 5.75 Å². The van der Waals surface area contributed by atoms with Crippen molar-refractivity contribution in [2.75, 3.05) is 25.0 Å². The zero-order valence-electron chi connectivity index (χ0n) is 17.8. The van der Waals surface area contributed by atoms with Gasteiger partial charge in [0, 0.05) is 29.7 Å². The smallest absolute Gasteiger partial charge is 0.243 e. The van der Waals surface area contributed by atoms with Crippen molar-refractivity contribution in [1.29, 1.82) is 0 Å². The van der Waals surface area contributed by atoms with Gasteiger partial charge in [-0.15, -0.1) is 11.3 Å². The molecule has 0 atom stereocenters. The van der Waals surface area contributed by atoms with Gasteiger partial charge in [0.25, 0.3) is 0 Å². The largest absolute Gasteiger partial charge is 0.494 e. The Morgan fingerprint density at radius 2 is 1.78 bits per heavy atom. The molecule has 7 nitrogen and oxygen atoms in total. The van der Waals surface area contributed by atoms with Crippen LogP contribution in [-0.4, -0.2) is 43.3 Å². The highest BCUT2D eigenvalue weighted by atomic mass is 32.2. The number of benzene rings is 2. The molecule has 9 heteroatoms. The van der Waals surface area contributed by atoms with Gasteiger partial charge in [-0.05, 0) is 68.3 Å². The molecule has 32 heavy (non-hydrogen) atoms. The number of aromatic nitrogens is 1. The minimum absolute atomic E-state index is 0.140. The quantitative estimate of drug-likeness (QED) is 0.533. The van der Waals surface area contributed by atoms with E-state index in [4.69, 9.17) is 4.74 Å². The van der Waals surface area contributed by atoms with Gasteiger partial charge in [-0.2, -0.15) is 4.31 Å². The Kier molecular flexibility index (Phi) is 6.88. The van der Waals surface area contributed by atoms with Gasteiger partial charge < -0.3 is 10.1 Å². The fourth-order valence-electron chi connectivity index (χ4n) is 3.54. The molecule has 1 aliphatic rings. The Morgan fingerprint density at radius 1 is 1.09 bits per heavy atom. The zero-order chi connectivity index (χ0) is 22.6. The molecular formula is C23H25N3O4S2. The van der Waals surface area contributed by atoms with Crippen LogP contribution in [0.3, 0.4) is 0 Å². The molecule has 0 spiro atoms. The van der Waals surface area contributed by atoms with Crippen LogP contribution in [0.2, 0.25) is 0 Å². The van der Waals surface area contributed by atoms with Crippen molar-refractivity contribution in [2.45, 2.75) is 31.1 Å². The van der Waals surface area contributed by atoms with Crippen molar-refractivity contribution in [1.82, 2.24) is 9.29 Å². The molecule has 1 amide bonds. The number of hydrogen-bond acceptors (Lipinski definition) is 6. The van der Waals surface area contributed by atoms with E-state index in [1.807, 2.05) is 36.6 Å². The van der Waals surface area contributed by atoms with Gasteiger partial charge in [0.1, 0.15) is 10.8 Å². The SMILES string of the molecule is CCOc1ccc(-c2nc(CC(=O)Nc3ccc(S(=O)(=O)N4CCCC4)cc3)cs2)cc1. The lowest BCUT2D eigenvalue weighted by Crippen LogP contribution is -2.27. The lowest BCUT2D eigenvalue weighted by Gasteiger charge is -2.15. The van der Waals surface area contributed by atoms with Crippen molar-refractivity contribution in [3.05, 3.63) is 59.6 Å². The summed E-state index contributed by atoms with van der Waals surface area (Å²) < 4.78 is 32.2. The molecule has 1 aromatic heterocycles. The zero-order valence-corrected chi connectivity index (χ0v) is 19.4. The Balaban J connectivity index is 1.36. The maximum Gasteiger partial charge on any atom is 0.243 e. The number of thiazole rings is 1. The molecule has 1 aliphatic heterocycles. The number of ether oxygens (including phenoxy) is 1. The summed E-state index contributed by atoms with van der Waals surface area (Å²) in [7, 11) is -3.46. The lowest BCUT2D eigenvalue weighted by atomic mass is 10.2. The van der Waals surface area contributed by atoms with E-state index in [-0.39, 0.29) is 17.2 Å². The molecule has 0 aliphatic carbocycles. The fraction of sp³-hybridized carbons (Fsp3) is 0.304. The second-order valence-electron chi connectivity index (χ2n) is 7.46. The van der Waals surface area contributed by atoms with Crippen LogP contribution in [0, 0.1) is 0 Å². The van der Waals surface area contributed by atoms with Crippen LogP contribution in [-0.2, 0) is 21.2 Å². The number of rotatable bonds is 8. The molecule has 1 saturated heterocycles. The average Bonchev–Trinajstić information content (AvgIpc) is 3.48. The second kappa shape index (κ2) is 9.81. The van der Waals surface area contributed by atoms with E-state index < -0.39 is 10.0 Å². The van der Waals surface area contributed by atoms with Gasteiger partial charge in [0.05, 0.1) is 23.6 Å². The predicted molar refractivity (Wildman–Crippen MR) is 125 cm³/mol. The Labute approximate surface area is 192 Å². The summed E-state index contributed by atoms with van der Waals surface area (Å²) in [6, 6.07) is 14.0. The molecule has 168 valence electrons. The molecule has 4 rings (SSSR count). The number of sulfonamides is 1. The highest BCUT2D eigenvalue weighted by Crippen LogP contribution is 2.26. The first-order valence-corrected chi connectivity index (χ1v) is 12.9. The van der Waals surface area contributed by atoms with E-state index in [1.165, 1.54) is 27.8 Å². The summed E-state index contributed by atoms with van der Waals surface area (Å²) in [5.74, 6) is 0.607. The third kappa shape index (κ3) is 5.17. The van der Waals surface area contributed by atoms with Crippen LogP contribution in [0.15, 0.2) is 58.8 Å². The molecule has 1 N–H and O–H groups in total. The summed E-state index contributed by atoms with van der Waals surface area (Å²) in [6.07, 6.45) is 1.93. The van der Waals surface area contributed by atoms with Crippen LogP contribution in [0.1, 0.15) is 25.5 Å². The topological polar surface area (TPSA) is 88.6 Å². The van der Waals surface area contributed by atoms with Gasteiger partial charge in [0.15, 0.2) is 0 Å². The average molecular weight is 472 g/mol. The van der Waals surface area contributed by atoms with Gasteiger partial charge in [-0.1, -0.05) is 0 Å². The number of amides is 1. The third-order valence-electron chi connectivity index (χ3n) is 5.15. The maximum absolute atomic E-state index is 12.6. The van der Waals surface area contributed by atoms with Crippen LogP contribution in [0.4, 0.5) is 5.69 Å². The third-order valence-corrected chi connectivity index (χ3v) is 8.00. The summed E-state index contributed by atoms with van der Waals surface area (Å²) in [5.41, 5.74) is 2.21.